The van der Waals surface area contributed by atoms with E-state index in [1.807, 2.05) is 60.7 Å². The fraction of sp³-hybridized carbons (Fsp3) is 0.300. The van der Waals surface area contributed by atoms with Crippen LogP contribution in [-0.4, -0.2) is 44.3 Å². The zero-order valence-electron chi connectivity index (χ0n) is 20.9. The highest BCUT2D eigenvalue weighted by Gasteiger charge is 2.70. The number of hydrogen-bond acceptors (Lipinski definition) is 6. The number of carbonyl (C=O) groups excluding carboxylic acids is 2. The molecule has 1 aliphatic heterocycles. The number of benzene rings is 3. The first-order valence-corrected chi connectivity index (χ1v) is 12.6. The lowest BCUT2D eigenvalue weighted by molar-refractivity contribution is -0.153. The third-order valence-corrected chi connectivity index (χ3v) is 7.90. The largest absolute Gasteiger partial charge is 0.497 e. The zero-order valence-corrected chi connectivity index (χ0v) is 21.7. The lowest BCUT2D eigenvalue weighted by Crippen LogP contribution is -2.59. The lowest BCUT2D eigenvalue weighted by atomic mass is 9.51. The second-order valence-corrected chi connectivity index (χ2v) is 9.78. The molecule has 3 aromatic carbocycles. The number of ketones is 1. The van der Waals surface area contributed by atoms with Crippen molar-refractivity contribution >= 4 is 29.6 Å². The Morgan fingerprint density at radius 1 is 0.919 bits per heavy atom. The van der Waals surface area contributed by atoms with E-state index in [0.29, 0.717) is 16.5 Å². The molecule has 7 heteroatoms. The molecule has 0 saturated heterocycles. The van der Waals surface area contributed by atoms with Crippen molar-refractivity contribution in [2.45, 2.75) is 36.1 Å². The third kappa shape index (κ3) is 3.82. The summed E-state index contributed by atoms with van der Waals surface area (Å²) in [4.78, 5) is 33.2. The molecule has 2 bridgehead atoms. The molecule has 4 atom stereocenters. The van der Waals surface area contributed by atoms with Gasteiger partial charge in [-0.25, -0.2) is 4.79 Å². The summed E-state index contributed by atoms with van der Waals surface area (Å²) in [6, 6.07) is 22.2. The second-order valence-electron chi connectivity index (χ2n) is 9.34. The third-order valence-electron chi connectivity index (χ3n) is 7.65. The van der Waals surface area contributed by atoms with Crippen molar-refractivity contribution in [3.63, 3.8) is 0 Å². The number of esters is 1. The van der Waals surface area contributed by atoms with Gasteiger partial charge in [-0.1, -0.05) is 48.0 Å². The molecule has 0 unspecified atom stereocenters. The number of nitrogens with zero attached hydrogens (tertiary/aromatic N) is 1. The molecule has 6 nitrogen and oxygen atoms in total. The van der Waals surface area contributed by atoms with E-state index in [1.165, 1.54) is 0 Å². The maximum absolute atomic E-state index is 14.3. The van der Waals surface area contributed by atoms with Crippen molar-refractivity contribution in [1.82, 2.24) is 0 Å². The minimum Gasteiger partial charge on any atom is -0.497 e. The van der Waals surface area contributed by atoms with Crippen molar-refractivity contribution in [3.05, 3.63) is 94.5 Å². The summed E-state index contributed by atoms with van der Waals surface area (Å²) in [7, 11) is 3.19. The van der Waals surface area contributed by atoms with Gasteiger partial charge < -0.3 is 14.2 Å². The molecule has 0 N–H and O–H groups in total. The lowest BCUT2D eigenvalue weighted by Gasteiger charge is -2.48. The number of methoxy groups -OCH3 is 2. The predicted octanol–water partition coefficient (Wildman–Crippen LogP) is 5.52. The Hall–Kier alpha value is -3.64. The molecule has 0 aromatic heterocycles. The van der Waals surface area contributed by atoms with Crippen LogP contribution < -0.4 is 9.47 Å². The number of aliphatic imine (C=N–C) groups is 1. The topological polar surface area (TPSA) is 74.2 Å². The van der Waals surface area contributed by atoms with Crippen molar-refractivity contribution in [1.29, 1.82) is 0 Å². The summed E-state index contributed by atoms with van der Waals surface area (Å²) < 4.78 is 16.4. The molecule has 5 rings (SSSR count). The van der Waals surface area contributed by atoms with E-state index in [2.05, 4.69) is 0 Å². The van der Waals surface area contributed by atoms with Crippen LogP contribution in [0.5, 0.6) is 11.5 Å². The summed E-state index contributed by atoms with van der Waals surface area (Å²) in [5.74, 6) is -0.282. The van der Waals surface area contributed by atoms with Gasteiger partial charge >= 0.3 is 5.97 Å². The molecular weight excluding hydrogens is 490 g/mol. The van der Waals surface area contributed by atoms with Crippen LogP contribution in [0.1, 0.15) is 41.9 Å². The van der Waals surface area contributed by atoms with E-state index in [-0.39, 0.29) is 18.8 Å². The van der Waals surface area contributed by atoms with E-state index in [0.717, 1.165) is 16.7 Å². The summed E-state index contributed by atoms with van der Waals surface area (Å²) in [5.41, 5.74) is -0.146. The highest BCUT2D eigenvalue weighted by molar-refractivity contribution is 6.30. The van der Waals surface area contributed by atoms with E-state index in [9.17, 15) is 9.59 Å². The quantitative estimate of drug-likeness (QED) is 0.386. The molecule has 190 valence electrons. The molecule has 0 amide bonds. The van der Waals surface area contributed by atoms with Crippen molar-refractivity contribution in [2.24, 2.45) is 4.99 Å². The first-order chi connectivity index (χ1) is 17.9. The summed E-state index contributed by atoms with van der Waals surface area (Å²) in [6.45, 7) is 1.97. The molecule has 1 aliphatic carbocycles. The fourth-order valence-electron chi connectivity index (χ4n) is 5.95. The van der Waals surface area contributed by atoms with Crippen molar-refractivity contribution < 1.29 is 23.8 Å². The predicted molar refractivity (Wildman–Crippen MR) is 142 cm³/mol. The maximum Gasteiger partial charge on any atom is 0.335 e. The molecule has 3 aromatic rings. The normalized spacial score (nSPS) is 26.1. The monoisotopic (exact) mass is 517 g/mol. The number of fused-ring (bicyclic) bond motifs is 2. The number of hydrogen-bond donors (Lipinski definition) is 0. The van der Waals surface area contributed by atoms with Gasteiger partial charge in [-0.05, 0) is 60.0 Å². The van der Waals surface area contributed by atoms with Crippen LogP contribution in [-0.2, 0) is 19.7 Å². The van der Waals surface area contributed by atoms with Crippen molar-refractivity contribution in [2.75, 3.05) is 20.8 Å². The average molecular weight is 518 g/mol. The summed E-state index contributed by atoms with van der Waals surface area (Å²) in [6.07, 6.45) is 1.80. The molecule has 1 heterocycles. The first kappa shape index (κ1) is 25.0. The van der Waals surface area contributed by atoms with Crippen LogP contribution >= 0.6 is 11.6 Å². The van der Waals surface area contributed by atoms with Crippen LogP contribution in [0, 0.1) is 0 Å². The van der Waals surface area contributed by atoms with E-state index in [4.69, 9.17) is 30.8 Å². The van der Waals surface area contributed by atoms with E-state index >= 15 is 0 Å². The van der Waals surface area contributed by atoms with Crippen LogP contribution in [0.15, 0.2) is 77.8 Å². The minimum atomic E-state index is -1.35. The second kappa shape index (κ2) is 9.67. The van der Waals surface area contributed by atoms with Crippen LogP contribution in [0.25, 0.3) is 0 Å². The number of carbonyl (C=O) groups is 2. The van der Waals surface area contributed by atoms with Gasteiger partial charge in [0.05, 0.1) is 26.2 Å². The van der Waals surface area contributed by atoms with Gasteiger partial charge in [0, 0.05) is 29.5 Å². The summed E-state index contributed by atoms with van der Waals surface area (Å²) in [5, 5.41) is 0.574. The zero-order chi connectivity index (χ0) is 26.2. The van der Waals surface area contributed by atoms with Gasteiger partial charge in [0.25, 0.3) is 0 Å². The number of halogens is 1. The van der Waals surface area contributed by atoms with Crippen LogP contribution in [0.4, 0.5) is 0 Å². The van der Waals surface area contributed by atoms with E-state index in [1.54, 1.807) is 39.5 Å². The van der Waals surface area contributed by atoms with Crippen LogP contribution in [0.2, 0.25) is 5.02 Å². The number of ether oxygens (including phenoxy) is 3. The fourth-order valence-corrected chi connectivity index (χ4v) is 6.07. The molecule has 0 radical (unpaired) electrons. The summed E-state index contributed by atoms with van der Waals surface area (Å²) >= 11 is 6.17. The van der Waals surface area contributed by atoms with Gasteiger partial charge in [0.15, 0.2) is 5.54 Å². The van der Waals surface area contributed by atoms with Gasteiger partial charge in [0.2, 0.25) is 0 Å². The van der Waals surface area contributed by atoms with Gasteiger partial charge in [-0.3, -0.25) is 9.79 Å². The smallest absolute Gasteiger partial charge is 0.335 e. The van der Waals surface area contributed by atoms with Crippen molar-refractivity contribution in [3.8, 4) is 11.5 Å². The molecule has 1 saturated carbocycles. The minimum absolute atomic E-state index is 0.0143. The number of rotatable bonds is 7. The molecule has 0 spiro atoms. The Morgan fingerprint density at radius 3 is 2.05 bits per heavy atom. The Balaban J connectivity index is 1.78. The SMILES string of the molecule is CCOC(=O)[C@]12N=C[C@](c3ccc(OC)cc3)(C(=O)C[C@@H]1c1ccc(Cl)cc1)[C@@H]2c1ccc(OC)cc1. The Labute approximate surface area is 221 Å². The molecule has 2 aliphatic rings. The molecular formula is C30H28ClNO5. The highest BCUT2D eigenvalue weighted by Crippen LogP contribution is 2.62. The highest BCUT2D eigenvalue weighted by atomic mass is 35.5. The van der Waals surface area contributed by atoms with Gasteiger partial charge in [-0.15, -0.1) is 0 Å². The Kier molecular flexibility index (Phi) is 6.54. The Morgan fingerprint density at radius 2 is 1.49 bits per heavy atom. The number of Topliss-reactive ketones (excluding diaryl/α,β-unsaturated/α-hetero) is 1. The van der Waals surface area contributed by atoms with E-state index < -0.39 is 28.8 Å². The van der Waals surface area contributed by atoms with Gasteiger partial charge in [0.1, 0.15) is 17.3 Å². The van der Waals surface area contributed by atoms with Crippen LogP contribution in [0.3, 0.4) is 0 Å². The maximum atomic E-state index is 14.3. The standard InChI is InChI=1S/C30H28ClNO5/c1-4-37-28(34)30-25(19-5-11-22(31)12-6-19)17-26(33)29(18-32-30,21-9-15-24(36-3)16-10-21)27(30)20-7-13-23(35-2)14-8-20/h5-16,18,25,27H,4,17H2,1-3H3/t25-,27+,29+,30+/m1/s1. The Bertz CT molecular complexity index is 1340. The molecule has 1 fully saturated rings. The molecule has 37 heavy (non-hydrogen) atoms. The first-order valence-electron chi connectivity index (χ1n) is 12.2. The van der Waals surface area contributed by atoms with Gasteiger partial charge in [-0.2, -0.15) is 0 Å². The average Bonchev–Trinajstić information content (AvgIpc) is 3.24.